The van der Waals surface area contributed by atoms with Gasteiger partial charge < -0.3 is 4.90 Å². The molecular weight excluding hydrogens is 287 g/mol. The molecule has 0 aromatic heterocycles. The van der Waals surface area contributed by atoms with Crippen molar-refractivity contribution in [1.82, 2.24) is 4.90 Å². The number of halogens is 1. The van der Waals surface area contributed by atoms with Gasteiger partial charge in [0.05, 0.1) is 12.0 Å². The number of benzene rings is 1. The van der Waals surface area contributed by atoms with Crippen LogP contribution in [0.5, 0.6) is 0 Å². The van der Waals surface area contributed by atoms with Crippen LogP contribution in [0.2, 0.25) is 0 Å². The molecule has 1 aromatic carbocycles. The quantitative estimate of drug-likeness (QED) is 0.763. The molecule has 0 saturated carbocycles. The predicted octanol–water partition coefficient (Wildman–Crippen LogP) is 5.01. The number of hydrogen-bond acceptors (Lipinski definition) is 2. The molecule has 126 valence electrons. The summed E-state index contributed by atoms with van der Waals surface area (Å²) in [7, 11) is 0. The Morgan fingerprint density at radius 2 is 1.78 bits per heavy atom. The number of piperidine rings is 1. The summed E-state index contributed by atoms with van der Waals surface area (Å²) in [5.41, 5.74) is 0.788. The maximum Gasteiger partial charge on any atom is 0.130 e. The number of hydrogen-bond donors (Lipinski definition) is 0. The van der Waals surface area contributed by atoms with Crippen LogP contribution < -0.4 is 0 Å². The lowest BCUT2D eigenvalue weighted by Gasteiger charge is -2.37. The van der Waals surface area contributed by atoms with Crippen LogP contribution in [0.25, 0.3) is 0 Å². The average Bonchev–Trinajstić information content (AvgIpc) is 2.49. The second-order valence-electron chi connectivity index (χ2n) is 8.07. The van der Waals surface area contributed by atoms with Gasteiger partial charge in [-0.05, 0) is 69.3 Å². The van der Waals surface area contributed by atoms with Crippen LogP contribution in [0.15, 0.2) is 24.3 Å². The van der Waals surface area contributed by atoms with Crippen LogP contribution >= 0.6 is 0 Å². The van der Waals surface area contributed by atoms with Crippen molar-refractivity contribution >= 4 is 0 Å². The molecule has 0 bridgehead atoms. The zero-order valence-electron chi connectivity index (χ0n) is 14.9. The molecule has 1 atom stereocenters. The van der Waals surface area contributed by atoms with E-state index >= 15 is 0 Å². The van der Waals surface area contributed by atoms with Crippen LogP contribution in [0, 0.1) is 16.7 Å². The molecular formula is C20H29FN2. The van der Waals surface area contributed by atoms with E-state index in [-0.39, 0.29) is 5.92 Å². The molecule has 2 nitrogen and oxygen atoms in total. The normalized spacial score (nSPS) is 20.0. The maximum atomic E-state index is 13.9. The van der Waals surface area contributed by atoms with Gasteiger partial charge in [0, 0.05) is 0 Å². The highest BCUT2D eigenvalue weighted by Gasteiger charge is 2.26. The Bertz CT molecular complexity index is 538. The second kappa shape index (κ2) is 7.01. The summed E-state index contributed by atoms with van der Waals surface area (Å²) in [6.45, 7) is 11.0. The summed E-state index contributed by atoms with van der Waals surface area (Å²) in [5.74, 6) is -0.110. The zero-order chi connectivity index (χ0) is 17.1. The molecule has 0 radical (unpaired) electrons. The molecule has 23 heavy (non-hydrogen) atoms. The minimum absolute atomic E-state index is 0.110. The third-order valence-electron chi connectivity index (χ3n) is 5.10. The first-order valence-electron chi connectivity index (χ1n) is 8.63. The van der Waals surface area contributed by atoms with Crippen molar-refractivity contribution in [2.24, 2.45) is 5.41 Å². The van der Waals surface area contributed by atoms with Crippen molar-refractivity contribution in [3.05, 3.63) is 35.4 Å². The molecule has 1 unspecified atom stereocenters. The first kappa shape index (κ1) is 17.9. The topological polar surface area (TPSA) is 27.0 Å². The molecule has 2 rings (SSSR count). The van der Waals surface area contributed by atoms with E-state index in [9.17, 15) is 9.65 Å². The summed E-state index contributed by atoms with van der Waals surface area (Å²) in [6.07, 6.45) is 3.30. The Morgan fingerprint density at radius 1 is 1.22 bits per heavy atom. The van der Waals surface area contributed by atoms with E-state index in [1.165, 1.54) is 12.8 Å². The fourth-order valence-corrected chi connectivity index (χ4v) is 3.11. The lowest BCUT2D eigenvalue weighted by Crippen LogP contribution is -2.38. The SMILES string of the molecule is CC1(C)CCN(CCC(C#N)c2ccc(C(C)(C)F)cc2)CC1. The number of nitriles is 1. The van der Waals surface area contributed by atoms with Gasteiger partial charge in [0.1, 0.15) is 5.67 Å². The highest BCUT2D eigenvalue weighted by atomic mass is 19.1. The molecule has 1 aliphatic heterocycles. The van der Waals surface area contributed by atoms with E-state index in [2.05, 4.69) is 24.8 Å². The molecule has 3 heteroatoms. The molecule has 0 aliphatic carbocycles. The summed E-state index contributed by atoms with van der Waals surface area (Å²) in [4.78, 5) is 2.47. The van der Waals surface area contributed by atoms with E-state index in [0.29, 0.717) is 11.0 Å². The van der Waals surface area contributed by atoms with Crippen molar-refractivity contribution < 1.29 is 4.39 Å². The third-order valence-corrected chi connectivity index (χ3v) is 5.10. The van der Waals surface area contributed by atoms with Crippen LogP contribution in [-0.4, -0.2) is 24.5 Å². The van der Waals surface area contributed by atoms with Gasteiger partial charge >= 0.3 is 0 Å². The van der Waals surface area contributed by atoms with Gasteiger partial charge in [0.15, 0.2) is 0 Å². The standard InChI is InChI=1S/C20H29FN2/c1-19(2)10-13-23(14-11-19)12-9-17(15-22)16-5-7-18(8-6-16)20(3,4)21/h5-8,17H,9-14H2,1-4H3. The fourth-order valence-electron chi connectivity index (χ4n) is 3.11. The fraction of sp³-hybridized carbons (Fsp3) is 0.650. The van der Waals surface area contributed by atoms with Crippen molar-refractivity contribution in [3.63, 3.8) is 0 Å². The molecule has 1 aliphatic rings. The molecule has 0 N–H and O–H groups in total. The molecule has 1 aromatic rings. The summed E-state index contributed by atoms with van der Waals surface area (Å²) in [5, 5.41) is 9.48. The first-order chi connectivity index (χ1) is 10.7. The Kier molecular flexibility index (Phi) is 5.47. The van der Waals surface area contributed by atoms with Crippen molar-refractivity contribution in [2.45, 2.75) is 58.5 Å². The van der Waals surface area contributed by atoms with E-state index in [0.717, 1.165) is 31.6 Å². The maximum absolute atomic E-state index is 13.9. The van der Waals surface area contributed by atoms with Crippen LogP contribution in [0.3, 0.4) is 0 Å². The molecule has 1 fully saturated rings. The van der Waals surface area contributed by atoms with E-state index < -0.39 is 5.67 Å². The van der Waals surface area contributed by atoms with Gasteiger partial charge in [0.25, 0.3) is 0 Å². The molecule has 1 saturated heterocycles. The van der Waals surface area contributed by atoms with E-state index in [1.807, 2.05) is 24.3 Å². The molecule has 0 spiro atoms. The lowest BCUT2D eigenvalue weighted by molar-refractivity contribution is 0.131. The summed E-state index contributed by atoms with van der Waals surface area (Å²) >= 11 is 0. The number of rotatable bonds is 5. The highest BCUT2D eigenvalue weighted by molar-refractivity contribution is 5.31. The Hall–Kier alpha value is -1.40. The van der Waals surface area contributed by atoms with Crippen LogP contribution in [-0.2, 0) is 5.67 Å². The molecule has 1 heterocycles. The van der Waals surface area contributed by atoms with Crippen LogP contribution in [0.4, 0.5) is 4.39 Å². The minimum Gasteiger partial charge on any atom is -0.303 e. The largest absolute Gasteiger partial charge is 0.303 e. The lowest BCUT2D eigenvalue weighted by atomic mass is 9.82. The van der Waals surface area contributed by atoms with Gasteiger partial charge in [-0.15, -0.1) is 0 Å². The second-order valence-corrected chi connectivity index (χ2v) is 8.07. The average molecular weight is 316 g/mol. The smallest absolute Gasteiger partial charge is 0.130 e. The van der Waals surface area contributed by atoms with Crippen LogP contribution in [0.1, 0.15) is 64.0 Å². The van der Waals surface area contributed by atoms with Gasteiger partial charge in [-0.3, -0.25) is 0 Å². The molecule has 0 amide bonds. The Labute approximate surface area is 140 Å². The number of likely N-dealkylation sites (tertiary alicyclic amines) is 1. The summed E-state index contributed by atoms with van der Waals surface area (Å²) in [6, 6.07) is 9.84. The van der Waals surface area contributed by atoms with Gasteiger partial charge in [-0.1, -0.05) is 38.1 Å². The Balaban J connectivity index is 1.92. The van der Waals surface area contributed by atoms with Crippen molar-refractivity contribution in [3.8, 4) is 6.07 Å². The van der Waals surface area contributed by atoms with Crippen molar-refractivity contribution in [1.29, 1.82) is 5.26 Å². The number of nitrogens with zero attached hydrogens (tertiary/aromatic N) is 2. The summed E-state index contributed by atoms with van der Waals surface area (Å²) < 4.78 is 13.9. The van der Waals surface area contributed by atoms with E-state index in [4.69, 9.17) is 0 Å². The zero-order valence-corrected chi connectivity index (χ0v) is 14.9. The first-order valence-corrected chi connectivity index (χ1v) is 8.63. The monoisotopic (exact) mass is 316 g/mol. The van der Waals surface area contributed by atoms with Gasteiger partial charge in [-0.2, -0.15) is 5.26 Å². The van der Waals surface area contributed by atoms with Gasteiger partial charge in [0.2, 0.25) is 0 Å². The third kappa shape index (κ3) is 5.04. The predicted molar refractivity (Wildman–Crippen MR) is 93.0 cm³/mol. The van der Waals surface area contributed by atoms with E-state index in [1.54, 1.807) is 13.8 Å². The number of alkyl halides is 1. The Morgan fingerprint density at radius 3 is 2.26 bits per heavy atom. The van der Waals surface area contributed by atoms with Gasteiger partial charge in [-0.25, -0.2) is 4.39 Å². The highest BCUT2D eigenvalue weighted by Crippen LogP contribution is 2.31. The minimum atomic E-state index is -1.33. The van der Waals surface area contributed by atoms with Crippen molar-refractivity contribution in [2.75, 3.05) is 19.6 Å².